The van der Waals surface area contributed by atoms with Crippen molar-refractivity contribution in [3.8, 4) is 0 Å². The van der Waals surface area contributed by atoms with Crippen LogP contribution < -0.4 is 10.6 Å². The third-order valence-electron chi connectivity index (χ3n) is 4.82. The first-order valence-corrected chi connectivity index (χ1v) is 7.85. The van der Waals surface area contributed by atoms with Crippen LogP contribution in [0.3, 0.4) is 0 Å². The summed E-state index contributed by atoms with van der Waals surface area (Å²) in [5, 5.41) is 7.40. The van der Waals surface area contributed by atoms with Gasteiger partial charge in [-0.15, -0.1) is 0 Å². The summed E-state index contributed by atoms with van der Waals surface area (Å²) >= 11 is 0. The molecule has 1 unspecified atom stereocenters. The van der Waals surface area contributed by atoms with Gasteiger partial charge in [0.25, 0.3) is 0 Å². The molecule has 2 nitrogen and oxygen atoms in total. The predicted molar refractivity (Wildman–Crippen MR) is 80.1 cm³/mol. The summed E-state index contributed by atoms with van der Waals surface area (Å²) in [5.74, 6) is 0. The van der Waals surface area contributed by atoms with Gasteiger partial charge in [-0.1, -0.05) is 37.6 Å². The fraction of sp³-hybridized carbons (Fsp3) is 0.647. The van der Waals surface area contributed by atoms with E-state index in [1.54, 1.807) is 0 Å². The number of rotatable bonds is 5. The average molecular weight is 258 g/mol. The van der Waals surface area contributed by atoms with E-state index in [9.17, 15) is 0 Å². The van der Waals surface area contributed by atoms with E-state index in [1.165, 1.54) is 49.8 Å². The van der Waals surface area contributed by atoms with Crippen LogP contribution in [0.4, 0.5) is 0 Å². The maximum atomic E-state index is 3.87. The molecular weight excluding hydrogens is 232 g/mol. The monoisotopic (exact) mass is 258 g/mol. The topological polar surface area (TPSA) is 24.1 Å². The third-order valence-corrected chi connectivity index (χ3v) is 4.82. The number of nitrogens with one attached hydrogen (secondary N) is 2. The van der Waals surface area contributed by atoms with Crippen LogP contribution in [0, 0.1) is 5.41 Å². The molecule has 1 heterocycles. The Morgan fingerprint density at radius 2 is 2.16 bits per heavy atom. The van der Waals surface area contributed by atoms with E-state index in [0.29, 0.717) is 11.5 Å². The highest BCUT2D eigenvalue weighted by atomic mass is 15.0. The lowest BCUT2D eigenvalue weighted by Gasteiger charge is -2.23. The average Bonchev–Trinajstić information content (AvgIpc) is 3.21. The van der Waals surface area contributed by atoms with Gasteiger partial charge in [0, 0.05) is 19.1 Å². The highest BCUT2D eigenvalue weighted by Gasteiger charge is 2.41. The summed E-state index contributed by atoms with van der Waals surface area (Å²) in [7, 11) is 0. The van der Waals surface area contributed by atoms with E-state index in [2.05, 4.69) is 41.8 Å². The maximum absolute atomic E-state index is 3.87. The fourth-order valence-corrected chi connectivity index (χ4v) is 3.43. The largest absolute Gasteiger partial charge is 0.313 e. The van der Waals surface area contributed by atoms with Crippen LogP contribution >= 0.6 is 0 Å². The molecule has 1 aliphatic heterocycles. The molecule has 0 radical (unpaired) electrons. The second-order valence-corrected chi connectivity index (χ2v) is 6.35. The Morgan fingerprint density at radius 3 is 2.95 bits per heavy atom. The van der Waals surface area contributed by atoms with Crippen molar-refractivity contribution in [1.82, 2.24) is 10.6 Å². The summed E-state index contributed by atoms with van der Waals surface area (Å²) < 4.78 is 0. The number of benzene rings is 1. The molecule has 1 atom stereocenters. The van der Waals surface area contributed by atoms with Gasteiger partial charge in [-0.2, -0.15) is 0 Å². The van der Waals surface area contributed by atoms with Gasteiger partial charge in [-0.05, 0) is 48.8 Å². The van der Waals surface area contributed by atoms with E-state index < -0.39 is 0 Å². The lowest BCUT2D eigenvalue weighted by molar-refractivity contribution is 0.379. The van der Waals surface area contributed by atoms with Crippen molar-refractivity contribution in [2.75, 3.05) is 13.1 Å². The quantitative estimate of drug-likeness (QED) is 0.846. The Balaban J connectivity index is 1.67. The van der Waals surface area contributed by atoms with E-state index in [0.717, 1.165) is 13.1 Å². The van der Waals surface area contributed by atoms with Gasteiger partial charge in [-0.3, -0.25) is 0 Å². The molecule has 104 valence electrons. The molecule has 1 fully saturated rings. The zero-order chi connectivity index (χ0) is 13.1. The molecule has 0 bridgehead atoms. The molecule has 19 heavy (non-hydrogen) atoms. The Hall–Kier alpha value is -0.860. The van der Waals surface area contributed by atoms with Crippen LogP contribution in [-0.4, -0.2) is 13.1 Å². The predicted octanol–water partition coefficient (Wildman–Crippen LogP) is 3.39. The van der Waals surface area contributed by atoms with Gasteiger partial charge < -0.3 is 10.6 Å². The minimum atomic E-state index is 0.542. The van der Waals surface area contributed by atoms with Gasteiger partial charge >= 0.3 is 0 Å². The minimum Gasteiger partial charge on any atom is -0.313 e. The fourth-order valence-electron chi connectivity index (χ4n) is 3.43. The van der Waals surface area contributed by atoms with Crippen molar-refractivity contribution in [3.63, 3.8) is 0 Å². The Labute approximate surface area is 117 Å². The number of hydrogen-bond acceptors (Lipinski definition) is 2. The van der Waals surface area contributed by atoms with Crippen molar-refractivity contribution in [3.05, 3.63) is 35.4 Å². The summed E-state index contributed by atoms with van der Waals surface area (Å²) in [6.07, 6.45) is 6.79. The number of fused-ring (bicyclic) bond motifs is 1. The molecule has 0 aromatic heterocycles. The van der Waals surface area contributed by atoms with Crippen molar-refractivity contribution < 1.29 is 0 Å². The SMILES string of the molecule is CCCC1(CNC2CCNCc3ccccc32)CC1. The summed E-state index contributed by atoms with van der Waals surface area (Å²) in [4.78, 5) is 0. The summed E-state index contributed by atoms with van der Waals surface area (Å²) in [6, 6.07) is 9.45. The van der Waals surface area contributed by atoms with Crippen LogP contribution in [0.15, 0.2) is 24.3 Å². The van der Waals surface area contributed by atoms with Crippen molar-refractivity contribution in [2.24, 2.45) is 5.41 Å². The van der Waals surface area contributed by atoms with Gasteiger partial charge in [0.05, 0.1) is 0 Å². The molecule has 1 aliphatic carbocycles. The van der Waals surface area contributed by atoms with E-state index in [4.69, 9.17) is 0 Å². The van der Waals surface area contributed by atoms with Gasteiger partial charge in [-0.25, -0.2) is 0 Å². The summed E-state index contributed by atoms with van der Waals surface area (Å²) in [5.41, 5.74) is 3.63. The van der Waals surface area contributed by atoms with Gasteiger partial charge in [0.15, 0.2) is 0 Å². The smallest absolute Gasteiger partial charge is 0.0335 e. The lowest BCUT2D eigenvalue weighted by Crippen LogP contribution is -2.29. The molecule has 2 N–H and O–H groups in total. The van der Waals surface area contributed by atoms with Crippen molar-refractivity contribution in [1.29, 1.82) is 0 Å². The normalized spacial score (nSPS) is 24.6. The second-order valence-electron chi connectivity index (χ2n) is 6.35. The van der Waals surface area contributed by atoms with Crippen LogP contribution in [-0.2, 0) is 6.54 Å². The highest BCUT2D eigenvalue weighted by molar-refractivity contribution is 5.31. The zero-order valence-corrected chi connectivity index (χ0v) is 12.0. The van der Waals surface area contributed by atoms with Crippen molar-refractivity contribution >= 4 is 0 Å². The van der Waals surface area contributed by atoms with Crippen LogP contribution in [0.25, 0.3) is 0 Å². The second kappa shape index (κ2) is 5.64. The number of hydrogen-bond donors (Lipinski definition) is 2. The van der Waals surface area contributed by atoms with Gasteiger partial charge in [0.2, 0.25) is 0 Å². The molecule has 0 amide bonds. The van der Waals surface area contributed by atoms with E-state index in [1.807, 2.05) is 0 Å². The van der Waals surface area contributed by atoms with Crippen molar-refractivity contribution in [2.45, 2.75) is 51.6 Å². The molecule has 1 aromatic carbocycles. The Bertz CT molecular complexity index is 423. The molecule has 1 saturated carbocycles. The first-order valence-electron chi connectivity index (χ1n) is 7.85. The van der Waals surface area contributed by atoms with Crippen LogP contribution in [0.2, 0.25) is 0 Å². The van der Waals surface area contributed by atoms with E-state index >= 15 is 0 Å². The molecule has 1 aromatic rings. The standard InChI is InChI=1S/C17H26N2/c1-2-8-17(9-10-17)13-19-16-7-11-18-12-14-5-3-4-6-15(14)16/h3-6,16,18-19H,2,7-13H2,1H3. The molecular formula is C17H26N2. The molecule has 0 spiro atoms. The van der Waals surface area contributed by atoms with Gasteiger partial charge in [0.1, 0.15) is 0 Å². The van der Waals surface area contributed by atoms with Crippen LogP contribution in [0.1, 0.15) is 56.2 Å². The zero-order valence-electron chi connectivity index (χ0n) is 12.0. The first-order chi connectivity index (χ1) is 9.33. The lowest BCUT2D eigenvalue weighted by atomic mass is 9.96. The molecule has 3 rings (SSSR count). The Morgan fingerprint density at radius 1 is 1.32 bits per heavy atom. The third kappa shape index (κ3) is 3.01. The van der Waals surface area contributed by atoms with E-state index in [-0.39, 0.29) is 0 Å². The Kier molecular flexibility index (Phi) is 3.90. The molecule has 0 saturated heterocycles. The summed E-state index contributed by atoms with van der Waals surface area (Å²) in [6.45, 7) is 5.66. The molecule has 2 heteroatoms. The van der Waals surface area contributed by atoms with Crippen LogP contribution in [0.5, 0.6) is 0 Å². The maximum Gasteiger partial charge on any atom is 0.0335 e. The minimum absolute atomic E-state index is 0.542. The first kappa shape index (κ1) is 13.1. The molecule has 2 aliphatic rings. The highest BCUT2D eigenvalue weighted by Crippen LogP contribution is 2.49.